The maximum atomic E-state index is 14.0. The molecule has 0 aromatic carbocycles. The van der Waals surface area contributed by atoms with E-state index in [0.29, 0.717) is 12.5 Å². The summed E-state index contributed by atoms with van der Waals surface area (Å²) in [6, 6.07) is -1.31. The molecule has 234 valence electrons. The Morgan fingerprint density at radius 3 is 1.95 bits per heavy atom. The largest absolute Gasteiger partial charge is 0.379 e. The van der Waals surface area contributed by atoms with Crippen LogP contribution in [0.4, 0.5) is 0 Å². The lowest BCUT2D eigenvalue weighted by Gasteiger charge is -2.41. The zero-order valence-electron chi connectivity index (χ0n) is 27.7. The fourth-order valence-electron chi connectivity index (χ4n) is 6.44. The molecule has 0 bridgehead atoms. The minimum Gasteiger partial charge on any atom is -0.379 e. The minimum atomic E-state index is -0.685. The number of amides is 3. The topological polar surface area (TPSA) is 91.4 Å². The molecule has 0 aliphatic carbocycles. The van der Waals surface area contributed by atoms with Crippen LogP contribution in [-0.2, 0) is 23.9 Å². The molecular weight excluding hydrogens is 508 g/mol. The standard InChI is InChI=1S/C31H60N4O5/c1-14-22(8)28(24(39-12)18-25(36)35-17-15-16-23(35)29(40-13)21(6)7)34(11)31(38)26(19(2)3)32-30(37)27(20(4)5)33(9)10/h19-24,26-29H,14-18H2,1-13H3,(H,32,37)/t22?,23?,24?,26-,27?,28?,29?/m0/s1. The van der Waals surface area contributed by atoms with Crippen molar-refractivity contribution < 1.29 is 23.9 Å². The van der Waals surface area contributed by atoms with E-state index in [1.54, 1.807) is 26.2 Å². The second kappa shape index (κ2) is 16.7. The van der Waals surface area contributed by atoms with E-state index in [1.807, 2.05) is 51.6 Å². The monoisotopic (exact) mass is 568 g/mol. The molecule has 1 rings (SSSR count). The van der Waals surface area contributed by atoms with Gasteiger partial charge in [0.2, 0.25) is 17.7 Å². The van der Waals surface area contributed by atoms with E-state index in [-0.39, 0.29) is 66.1 Å². The third-order valence-electron chi connectivity index (χ3n) is 8.70. The predicted molar refractivity (Wildman–Crippen MR) is 161 cm³/mol. The SMILES string of the molecule is CCC(C)C(C(CC(=O)N1CCCC1C(OC)C(C)C)OC)N(C)C(=O)[C@@H](NC(=O)C(C(C)C)N(C)C)C(C)C. The summed E-state index contributed by atoms with van der Waals surface area (Å²) in [5, 5.41) is 3.05. The maximum absolute atomic E-state index is 14.0. The smallest absolute Gasteiger partial charge is 0.245 e. The second-order valence-electron chi connectivity index (χ2n) is 12.9. The van der Waals surface area contributed by atoms with Crippen LogP contribution in [0.1, 0.15) is 81.1 Å². The van der Waals surface area contributed by atoms with E-state index in [1.165, 1.54) is 0 Å². The normalized spacial score (nSPS) is 20.5. The lowest BCUT2D eigenvalue weighted by atomic mass is 9.89. The molecule has 0 aromatic heterocycles. The quantitative estimate of drug-likeness (QED) is 0.306. The number of nitrogens with zero attached hydrogens (tertiary/aromatic N) is 3. The average molecular weight is 569 g/mol. The van der Waals surface area contributed by atoms with Gasteiger partial charge in [-0.05, 0) is 50.6 Å². The van der Waals surface area contributed by atoms with Crippen LogP contribution in [0.5, 0.6) is 0 Å². The fourth-order valence-corrected chi connectivity index (χ4v) is 6.44. The van der Waals surface area contributed by atoms with Crippen LogP contribution in [0, 0.1) is 23.7 Å². The summed E-state index contributed by atoms with van der Waals surface area (Å²) < 4.78 is 11.8. The molecule has 1 N–H and O–H groups in total. The predicted octanol–water partition coefficient (Wildman–Crippen LogP) is 3.65. The molecule has 1 fully saturated rings. The molecule has 9 heteroatoms. The minimum absolute atomic E-state index is 0.0192. The van der Waals surface area contributed by atoms with E-state index >= 15 is 0 Å². The first-order valence-electron chi connectivity index (χ1n) is 15.2. The molecule has 0 aromatic rings. The first-order valence-corrected chi connectivity index (χ1v) is 15.2. The van der Waals surface area contributed by atoms with Crippen LogP contribution in [0.25, 0.3) is 0 Å². The summed E-state index contributed by atoms with van der Waals surface area (Å²) in [7, 11) is 8.87. The van der Waals surface area contributed by atoms with Gasteiger partial charge in [-0.2, -0.15) is 0 Å². The van der Waals surface area contributed by atoms with Crippen molar-refractivity contribution in [2.24, 2.45) is 23.7 Å². The van der Waals surface area contributed by atoms with Crippen molar-refractivity contribution in [1.29, 1.82) is 0 Å². The van der Waals surface area contributed by atoms with Crippen LogP contribution in [-0.4, -0.2) is 111 Å². The first-order chi connectivity index (χ1) is 18.6. The van der Waals surface area contributed by atoms with Gasteiger partial charge in [-0.25, -0.2) is 0 Å². The summed E-state index contributed by atoms with van der Waals surface area (Å²) >= 11 is 0. The Kier molecular flexibility index (Phi) is 15.1. The van der Waals surface area contributed by atoms with Crippen molar-refractivity contribution in [1.82, 2.24) is 20.0 Å². The molecule has 0 radical (unpaired) electrons. The van der Waals surface area contributed by atoms with Gasteiger partial charge in [0, 0.05) is 27.8 Å². The molecule has 6 unspecified atom stereocenters. The van der Waals surface area contributed by atoms with Gasteiger partial charge in [0.25, 0.3) is 0 Å². The van der Waals surface area contributed by atoms with E-state index in [0.717, 1.165) is 19.3 Å². The number of hydrogen-bond acceptors (Lipinski definition) is 6. The van der Waals surface area contributed by atoms with Gasteiger partial charge in [0.1, 0.15) is 6.04 Å². The second-order valence-corrected chi connectivity index (χ2v) is 12.9. The number of likely N-dealkylation sites (N-methyl/N-ethyl adjacent to an activating group) is 2. The van der Waals surface area contributed by atoms with Crippen LogP contribution in [0.15, 0.2) is 0 Å². The molecule has 1 heterocycles. The molecule has 9 nitrogen and oxygen atoms in total. The number of likely N-dealkylation sites (tertiary alicyclic amines) is 1. The van der Waals surface area contributed by atoms with Crippen molar-refractivity contribution in [3.8, 4) is 0 Å². The van der Waals surface area contributed by atoms with Gasteiger partial charge in [-0.1, -0.05) is 61.8 Å². The molecule has 1 aliphatic rings. The number of rotatable bonds is 16. The molecular formula is C31H60N4O5. The zero-order chi connectivity index (χ0) is 30.9. The van der Waals surface area contributed by atoms with Gasteiger partial charge in [0.05, 0.1) is 36.8 Å². The molecule has 0 spiro atoms. The molecule has 40 heavy (non-hydrogen) atoms. The summed E-state index contributed by atoms with van der Waals surface area (Å²) in [6.07, 6.45) is 2.38. The van der Waals surface area contributed by atoms with Crippen molar-refractivity contribution >= 4 is 17.7 Å². The Balaban J connectivity index is 3.23. The summed E-state index contributed by atoms with van der Waals surface area (Å²) in [5.74, 6) is 0.0725. The molecule has 7 atom stereocenters. The number of carbonyl (C=O) groups is 3. The Hall–Kier alpha value is -1.71. The van der Waals surface area contributed by atoms with Crippen LogP contribution < -0.4 is 5.32 Å². The molecule has 1 aliphatic heterocycles. The molecule has 3 amide bonds. The van der Waals surface area contributed by atoms with E-state index in [4.69, 9.17) is 9.47 Å². The Morgan fingerprint density at radius 1 is 0.925 bits per heavy atom. The number of hydrogen-bond donors (Lipinski definition) is 1. The van der Waals surface area contributed by atoms with Crippen LogP contribution >= 0.6 is 0 Å². The Morgan fingerprint density at radius 2 is 1.52 bits per heavy atom. The Labute approximate surface area is 244 Å². The molecule has 1 saturated heterocycles. The number of nitrogens with one attached hydrogen (secondary N) is 1. The summed E-state index contributed by atoms with van der Waals surface area (Å²) in [6.45, 7) is 17.0. The van der Waals surface area contributed by atoms with Crippen LogP contribution in [0.3, 0.4) is 0 Å². The number of carbonyl (C=O) groups excluding carboxylic acids is 3. The fraction of sp³-hybridized carbons (Fsp3) is 0.903. The number of methoxy groups -OCH3 is 2. The van der Waals surface area contributed by atoms with Gasteiger partial charge < -0.3 is 24.6 Å². The van der Waals surface area contributed by atoms with Gasteiger partial charge in [-0.15, -0.1) is 0 Å². The lowest BCUT2D eigenvalue weighted by molar-refractivity contribution is -0.147. The van der Waals surface area contributed by atoms with E-state index in [2.05, 4.69) is 33.0 Å². The van der Waals surface area contributed by atoms with Crippen molar-refractivity contribution in [2.45, 2.75) is 117 Å². The maximum Gasteiger partial charge on any atom is 0.245 e. The highest BCUT2D eigenvalue weighted by Crippen LogP contribution is 2.29. The third-order valence-corrected chi connectivity index (χ3v) is 8.70. The van der Waals surface area contributed by atoms with Crippen molar-refractivity contribution in [2.75, 3.05) is 41.9 Å². The first kappa shape index (κ1) is 36.3. The third kappa shape index (κ3) is 9.15. The summed E-state index contributed by atoms with van der Waals surface area (Å²) in [4.78, 5) is 46.5. The zero-order valence-corrected chi connectivity index (χ0v) is 27.7. The number of ether oxygens (including phenoxy) is 2. The van der Waals surface area contributed by atoms with Gasteiger partial charge >= 0.3 is 0 Å². The summed E-state index contributed by atoms with van der Waals surface area (Å²) in [5.41, 5.74) is 0. The molecule has 0 saturated carbocycles. The van der Waals surface area contributed by atoms with Crippen LogP contribution in [0.2, 0.25) is 0 Å². The highest BCUT2D eigenvalue weighted by molar-refractivity contribution is 5.90. The van der Waals surface area contributed by atoms with E-state index in [9.17, 15) is 14.4 Å². The highest BCUT2D eigenvalue weighted by Gasteiger charge is 2.41. The highest BCUT2D eigenvalue weighted by atomic mass is 16.5. The lowest BCUT2D eigenvalue weighted by Crippen LogP contribution is -2.59. The Bertz CT molecular complexity index is 795. The van der Waals surface area contributed by atoms with E-state index < -0.39 is 12.1 Å². The average Bonchev–Trinajstić information content (AvgIpc) is 3.35. The van der Waals surface area contributed by atoms with Crippen molar-refractivity contribution in [3.63, 3.8) is 0 Å². The van der Waals surface area contributed by atoms with Crippen molar-refractivity contribution in [3.05, 3.63) is 0 Å². The van der Waals surface area contributed by atoms with Gasteiger partial charge in [-0.3, -0.25) is 19.3 Å². The van der Waals surface area contributed by atoms with Gasteiger partial charge in [0.15, 0.2) is 0 Å².